The number of alkyl carbamates (subject to hydrolysis) is 1. The molecule has 1 aliphatic rings. The minimum absolute atomic E-state index is 0.0433. The number of ether oxygens (including phenoxy) is 1. The molecule has 1 saturated heterocycles. The smallest absolute Gasteiger partial charge is 0.408 e. The molecule has 1 N–H and O–H groups in total. The molecular formula is C10H7ClF3NO2. The lowest BCUT2D eigenvalue weighted by Crippen LogP contribution is -2.49. The van der Waals surface area contributed by atoms with Crippen molar-refractivity contribution in [3.05, 3.63) is 34.6 Å². The summed E-state index contributed by atoms with van der Waals surface area (Å²) in [5.74, 6) is -4.05. The van der Waals surface area contributed by atoms with E-state index < -0.39 is 30.5 Å². The predicted octanol–water partition coefficient (Wildman–Crippen LogP) is 2.90. The van der Waals surface area contributed by atoms with Crippen LogP contribution in [0.3, 0.4) is 0 Å². The van der Waals surface area contributed by atoms with Gasteiger partial charge in [-0.2, -0.15) is 0 Å². The second-order valence-electron chi connectivity index (χ2n) is 3.58. The van der Waals surface area contributed by atoms with Gasteiger partial charge < -0.3 is 10.1 Å². The Balaban J connectivity index is 2.42. The van der Waals surface area contributed by atoms with E-state index in [1.807, 2.05) is 5.32 Å². The maximum Gasteiger partial charge on any atom is 0.408 e. The highest BCUT2D eigenvalue weighted by atomic mass is 35.5. The van der Waals surface area contributed by atoms with Crippen molar-refractivity contribution in [3.8, 4) is 0 Å². The van der Waals surface area contributed by atoms with Crippen molar-refractivity contribution in [3.63, 3.8) is 0 Å². The highest BCUT2D eigenvalue weighted by molar-refractivity contribution is 6.31. The summed E-state index contributed by atoms with van der Waals surface area (Å²) in [6.07, 6.45) is -0.985. The number of halogens is 4. The van der Waals surface area contributed by atoms with Gasteiger partial charge in [0.05, 0.1) is 0 Å². The van der Waals surface area contributed by atoms with Crippen LogP contribution in [0.15, 0.2) is 18.2 Å². The Bertz CT molecular complexity index is 467. The zero-order valence-corrected chi connectivity index (χ0v) is 9.10. The van der Waals surface area contributed by atoms with Crippen LogP contribution in [0.25, 0.3) is 0 Å². The van der Waals surface area contributed by atoms with Gasteiger partial charge in [-0.05, 0) is 18.2 Å². The summed E-state index contributed by atoms with van der Waals surface area (Å²) >= 11 is 5.71. The van der Waals surface area contributed by atoms with Crippen molar-refractivity contribution in [2.24, 2.45) is 0 Å². The molecule has 1 aromatic carbocycles. The van der Waals surface area contributed by atoms with Crippen LogP contribution in [0.4, 0.5) is 18.0 Å². The molecule has 1 aromatic rings. The summed E-state index contributed by atoms with van der Waals surface area (Å²) < 4.78 is 44.2. The summed E-state index contributed by atoms with van der Waals surface area (Å²) in [5, 5.41) is 1.89. The Morgan fingerprint density at radius 1 is 1.47 bits per heavy atom. The van der Waals surface area contributed by atoms with Gasteiger partial charge in [0.2, 0.25) is 0 Å². The quantitative estimate of drug-likeness (QED) is 0.848. The molecule has 0 saturated carbocycles. The maximum absolute atomic E-state index is 13.5. The Morgan fingerprint density at radius 2 is 2.18 bits per heavy atom. The minimum Gasteiger partial charge on any atom is -0.443 e. The summed E-state index contributed by atoms with van der Waals surface area (Å²) in [5.41, 5.74) is -0.173. The van der Waals surface area contributed by atoms with Gasteiger partial charge in [0, 0.05) is 10.6 Å². The van der Waals surface area contributed by atoms with Crippen LogP contribution in [0, 0.1) is 5.82 Å². The van der Waals surface area contributed by atoms with Crippen LogP contribution in [-0.2, 0) is 4.74 Å². The largest absolute Gasteiger partial charge is 0.443 e. The van der Waals surface area contributed by atoms with Gasteiger partial charge >= 0.3 is 12.0 Å². The zero-order valence-electron chi connectivity index (χ0n) is 8.34. The van der Waals surface area contributed by atoms with Gasteiger partial charge in [-0.15, -0.1) is 0 Å². The van der Waals surface area contributed by atoms with Gasteiger partial charge in [-0.1, -0.05) is 11.6 Å². The fourth-order valence-electron chi connectivity index (χ4n) is 1.55. The van der Waals surface area contributed by atoms with Crippen molar-refractivity contribution < 1.29 is 22.7 Å². The molecule has 7 heteroatoms. The molecular weight excluding hydrogens is 259 g/mol. The number of amides is 1. The number of carbonyl (C=O) groups excluding carboxylic acids is 1. The number of benzene rings is 1. The number of alkyl halides is 2. The summed E-state index contributed by atoms with van der Waals surface area (Å²) in [6, 6.07) is 1.38. The molecule has 3 nitrogen and oxygen atoms in total. The van der Waals surface area contributed by atoms with Crippen molar-refractivity contribution in [1.29, 1.82) is 0 Å². The highest BCUT2D eigenvalue weighted by Gasteiger charge is 2.47. The topological polar surface area (TPSA) is 38.3 Å². The average molecular weight is 266 g/mol. The van der Waals surface area contributed by atoms with E-state index in [2.05, 4.69) is 4.74 Å². The van der Waals surface area contributed by atoms with E-state index in [4.69, 9.17) is 11.6 Å². The highest BCUT2D eigenvalue weighted by Crippen LogP contribution is 2.37. The molecule has 0 unspecified atom stereocenters. The van der Waals surface area contributed by atoms with Crippen LogP contribution in [0.2, 0.25) is 5.02 Å². The van der Waals surface area contributed by atoms with E-state index >= 15 is 0 Å². The number of hydrogen-bond acceptors (Lipinski definition) is 2. The minimum atomic E-state index is -3.34. The SMILES string of the molecule is O=C1N[C@@H](c2cc(F)ccc2Cl)C(F)(F)CO1. The van der Waals surface area contributed by atoms with E-state index in [9.17, 15) is 18.0 Å². The first-order valence-electron chi connectivity index (χ1n) is 4.66. The van der Waals surface area contributed by atoms with E-state index in [1.54, 1.807) is 0 Å². The Hall–Kier alpha value is -1.43. The fraction of sp³-hybridized carbons (Fsp3) is 0.300. The molecule has 0 spiro atoms. The molecule has 92 valence electrons. The zero-order chi connectivity index (χ0) is 12.6. The fourth-order valence-corrected chi connectivity index (χ4v) is 1.78. The average Bonchev–Trinajstić information content (AvgIpc) is 2.26. The molecule has 1 atom stereocenters. The molecule has 2 rings (SSSR count). The van der Waals surface area contributed by atoms with Gasteiger partial charge in [-0.3, -0.25) is 0 Å². The first kappa shape index (κ1) is 12.0. The van der Waals surface area contributed by atoms with Crippen molar-refractivity contribution >= 4 is 17.7 Å². The standard InChI is InChI=1S/C10H7ClF3NO2/c11-7-2-1-5(12)3-6(7)8-10(13,14)4-17-9(16)15-8/h1-3,8H,4H2,(H,15,16)/t8-/m0/s1. The molecule has 1 fully saturated rings. The third-order valence-corrected chi connectivity index (χ3v) is 2.69. The van der Waals surface area contributed by atoms with Gasteiger partial charge in [-0.25, -0.2) is 18.0 Å². The lowest BCUT2D eigenvalue weighted by molar-refractivity contribution is -0.104. The Kier molecular flexibility index (Phi) is 2.91. The third-order valence-electron chi connectivity index (χ3n) is 2.35. The summed E-state index contributed by atoms with van der Waals surface area (Å²) in [6.45, 7) is -1.06. The lowest BCUT2D eigenvalue weighted by atomic mass is 10.00. The third kappa shape index (κ3) is 2.31. The van der Waals surface area contributed by atoms with Crippen LogP contribution < -0.4 is 5.32 Å². The Labute approximate surface area is 99.5 Å². The first-order valence-corrected chi connectivity index (χ1v) is 5.04. The molecule has 1 amide bonds. The molecule has 1 heterocycles. The summed E-state index contributed by atoms with van der Waals surface area (Å²) in [4.78, 5) is 10.9. The van der Waals surface area contributed by atoms with Crippen molar-refractivity contribution in [2.75, 3.05) is 6.61 Å². The molecule has 0 bridgehead atoms. The number of hydrogen-bond donors (Lipinski definition) is 1. The van der Waals surface area contributed by atoms with E-state index in [0.717, 1.165) is 18.2 Å². The molecule has 1 aliphatic heterocycles. The lowest BCUT2D eigenvalue weighted by Gasteiger charge is -2.32. The van der Waals surface area contributed by atoms with Crippen LogP contribution >= 0.6 is 11.6 Å². The Morgan fingerprint density at radius 3 is 2.88 bits per heavy atom. The molecule has 0 radical (unpaired) electrons. The van der Waals surface area contributed by atoms with Crippen molar-refractivity contribution in [2.45, 2.75) is 12.0 Å². The van der Waals surface area contributed by atoms with E-state index in [1.165, 1.54) is 0 Å². The first-order chi connectivity index (χ1) is 7.90. The number of cyclic esters (lactones) is 1. The van der Waals surface area contributed by atoms with E-state index in [-0.39, 0.29) is 10.6 Å². The van der Waals surface area contributed by atoms with Gasteiger partial charge in [0.1, 0.15) is 11.9 Å². The van der Waals surface area contributed by atoms with Crippen LogP contribution in [0.5, 0.6) is 0 Å². The number of nitrogens with one attached hydrogen (secondary N) is 1. The second kappa shape index (κ2) is 4.10. The number of rotatable bonds is 1. The number of carbonyl (C=O) groups is 1. The maximum atomic E-state index is 13.5. The monoisotopic (exact) mass is 265 g/mol. The predicted molar refractivity (Wildman–Crippen MR) is 53.6 cm³/mol. The van der Waals surface area contributed by atoms with Gasteiger partial charge in [0.25, 0.3) is 0 Å². The summed E-state index contributed by atoms with van der Waals surface area (Å²) in [7, 11) is 0. The van der Waals surface area contributed by atoms with E-state index in [0.29, 0.717) is 0 Å². The normalized spacial score (nSPS) is 22.8. The van der Waals surface area contributed by atoms with Crippen LogP contribution in [0.1, 0.15) is 11.6 Å². The van der Waals surface area contributed by atoms with Gasteiger partial charge in [0.15, 0.2) is 6.61 Å². The molecule has 0 aromatic heterocycles. The second-order valence-corrected chi connectivity index (χ2v) is 3.99. The van der Waals surface area contributed by atoms with Crippen molar-refractivity contribution in [1.82, 2.24) is 5.32 Å². The molecule has 0 aliphatic carbocycles. The van der Waals surface area contributed by atoms with Crippen LogP contribution in [-0.4, -0.2) is 18.6 Å². The molecule has 17 heavy (non-hydrogen) atoms.